The smallest absolute Gasteiger partial charge is 0.263 e. The van der Waals surface area contributed by atoms with Crippen molar-refractivity contribution >= 4 is 111 Å². The van der Waals surface area contributed by atoms with Crippen LogP contribution in [0.1, 0.15) is 309 Å². The Morgan fingerprint density at radius 3 is 1.22 bits per heavy atom. The van der Waals surface area contributed by atoms with E-state index in [9.17, 15) is 9.59 Å². The number of carbonyl (C=O) groups is 2. The number of nitrogens with zero attached hydrogens (tertiary/aromatic N) is 1. The number of halogens is 2. The summed E-state index contributed by atoms with van der Waals surface area (Å²) in [6.07, 6.45) is 37.5. The number of fused-ring (bicyclic) bond motifs is 3. The summed E-state index contributed by atoms with van der Waals surface area (Å²) < 4.78 is 36.7. The molecular weight excluding hydrogens is 1270 g/mol. The molecular formula is C80H109F2NO2S7. The van der Waals surface area contributed by atoms with Crippen molar-refractivity contribution in [2.75, 3.05) is 6.54 Å². The third-order valence-electron chi connectivity index (χ3n) is 19.2. The second-order valence-electron chi connectivity index (χ2n) is 29.0. The third-order valence-corrected chi connectivity index (χ3v) is 28.6. The fourth-order valence-corrected chi connectivity index (χ4v) is 22.5. The minimum atomic E-state index is -0.176. The molecule has 7 aromatic heterocycles. The Morgan fingerprint density at radius 1 is 0.370 bits per heavy atom. The molecule has 502 valence electrons. The van der Waals surface area contributed by atoms with Gasteiger partial charge in [-0.25, -0.2) is 8.78 Å². The van der Waals surface area contributed by atoms with Crippen LogP contribution in [0.15, 0.2) is 48.5 Å². The van der Waals surface area contributed by atoms with Crippen LogP contribution in [-0.4, -0.2) is 23.3 Å². The van der Waals surface area contributed by atoms with Gasteiger partial charge >= 0.3 is 0 Å². The molecule has 0 radical (unpaired) electrons. The van der Waals surface area contributed by atoms with E-state index in [-0.39, 0.29) is 34.3 Å². The van der Waals surface area contributed by atoms with E-state index in [1.165, 1.54) is 162 Å². The van der Waals surface area contributed by atoms with E-state index in [0.29, 0.717) is 29.5 Å². The first kappa shape index (κ1) is 72.9. The quantitative estimate of drug-likeness (QED) is 0.0284. The van der Waals surface area contributed by atoms with Crippen LogP contribution in [-0.2, 0) is 23.7 Å². The van der Waals surface area contributed by atoms with Gasteiger partial charge in [-0.2, -0.15) is 0 Å². The number of unbranched alkanes of at least 4 members (excludes halogenated alkanes) is 21. The van der Waals surface area contributed by atoms with Crippen molar-refractivity contribution in [1.29, 1.82) is 0 Å². The van der Waals surface area contributed by atoms with Gasteiger partial charge in [0.2, 0.25) is 0 Å². The molecule has 3 nitrogen and oxygen atoms in total. The Morgan fingerprint density at radius 2 is 0.761 bits per heavy atom. The van der Waals surface area contributed by atoms with Crippen LogP contribution in [0.3, 0.4) is 0 Å². The van der Waals surface area contributed by atoms with Gasteiger partial charge in [-0.1, -0.05) is 262 Å². The number of benzene rings is 1. The van der Waals surface area contributed by atoms with Gasteiger partial charge in [0.05, 0.1) is 20.9 Å². The summed E-state index contributed by atoms with van der Waals surface area (Å²) in [5, 5.41) is 2.22. The predicted molar refractivity (Wildman–Crippen MR) is 408 cm³/mol. The molecule has 0 aliphatic carbocycles. The van der Waals surface area contributed by atoms with Crippen molar-refractivity contribution in [2.24, 2.45) is 11.8 Å². The molecule has 1 aliphatic rings. The molecule has 1 aromatic carbocycles. The van der Waals surface area contributed by atoms with Crippen LogP contribution in [0.25, 0.3) is 70.3 Å². The van der Waals surface area contributed by atoms with Crippen molar-refractivity contribution in [3.8, 4) is 50.1 Å². The number of hydrogen-bond donors (Lipinski definition) is 0. The molecule has 0 spiro atoms. The monoisotopic (exact) mass is 1380 g/mol. The van der Waals surface area contributed by atoms with Gasteiger partial charge in [-0.15, -0.1) is 79.4 Å². The van der Waals surface area contributed by atoms with E-state index in [1.54, 1.807) is 68.0 Å². The van der Waals surface area contributed by atoms with Gasteiger partial charge in [0.15, 0.2) is 0 Å². The van der Waals surface area contributed by atoms with Crippen molar-refractivity contribution < 1.29 is 18.4 Å². The highest BCUT2D eigenvalue weighted by atomic mass is 32.1. The molecule has 92 heavy (non-hydrogen) atoms. The molecule has 8 aromatic rings. The maximum atomic E-state index is 17.2. The molecule has 2 unspecified atom stereocenters. The molecule has 2 atom stereocenters. The van der Waals surface area contributed by atoms with Crippen LogP contribution >= 0.6 is 79.4 Å². The Balaban J connectivity index is 1.17. The third kappa shape index (κ3) is 18.2. The van der Waals surface area contributed by atoms with E-state index in [4.69, 9.17) is 0 Å². The molecule has 0 bridgehead atoms. The van der Waals surface area contributed by atoms with E-state index < -0.39 is 0 Å². The van der Waals surface area contributed by atoms with Crippen molar-refractivity contribution in [3.05, 3.63) is 90.8 Å². The number of imide groups is 1. The summed E-state index contributed by atoms with van der Waals surface area (Å²) >= 11 is 11.9. The standard InChI is InChI=1S/C80H109F2NO2S7/c1-12-17-22-27-30-35-40-53(38-33-25-20-15-4)47-62-57(81)51-65(87-62)69-55-49-64(59-42-43-60(86-59)75-71-72(76(92-75)61-44-45-67(89-61)79(6,7)8)78(85)83(77(71)84)46-37-32-29-24-19-14-3)90-73(55)70(56-50-68(80(9,10)11)91-74(56)69)66-52-58(82)63(88-66)48-54(39-34-26-21-16-5)41-36-31-28-23-18-13-2/h42-45,49-54H,12-41,46-48H2,1-11H3. The second-order valence-corrected chi connectivity index (χ2v) is 36.6. The van der Waals surface area contributed by atoms with Gasteiger partial charge in [0.1, 0.15) is 11.6 Å². The molecule has 0 fully saturated rings. The van der Waals surface area contributed by atoms with Gasteiger partial charge < -0.3 is 0 Å². The van der Waals surface area contributed by atoms with E-state index in [2.05, 4.69) is 113 Å². The normalized spacial score (nSPS) is 13.8. The number of thiophene rings is 7. The van der Waals surface area contributed by atoms with Gasteiger partial charge in [0.25, 0.3) is 11.8 Å². The van der Waals surface area contributed by atoms with Crippen LogP contribution in [0.2, 0.25) is 0 Å². The fourth-order valence-electron chi connectivity index (χ4n) is 13.7. The number of carbonyl (C=O) groups excluding carboxylic acids is 2. The minimum Gasteiger partial charge on any atom is -0.274 e. The minimum absolute atomic E-state index is 0.0561. The highest BCUT2D eigenvalue weighted by Gasteiger charge is 2.43. The summed E-state index contributed by atoms with van der Waals surface area (Å²) in [5.41, 5.74) is 3.08. The summed E-state index contributed by atoms with van der Waals surface area (Å²) in [6, 6.07) is 17.2. The lowest BCUT2D eigenvalue weighted by molar-refractivity contribution is 0.0651. The molecule has 12 heteroatoms. The molecule has 1 aliphatic heterocycles. The first-order chi connectivity index (χ1) is 44.4. The maximum Gasteiger partial charge on any atom is 0.263 e. The number of amides is 2. The average molecular weight is 1380 g/mol. The zero-order valence-corrected chi connectivity index (χ0v) is 63.7. The lowest BCUT2D eigenvalue weighted by atomic mass is 9.91. The zero-order chi connectivity index (χ0) is 65.5. The fraction of sp³-hybridized carbons (Fsp3) is 0.600. The van der Waals surface area contributed by atoms with Crippen LogP contribution < -0.4 is 0 Å². The van der Waals surface area contributed by atoms with Crippen molar-refractivity contribution in [3.63, 3.8) is 0 Å². The van der Waals surface area contributed by atoms with Crippen LogP contribution in [0, 0.1) is 23.5 Å². The topological polar surface area (TPSA) is 37.4 Å². The van der Waals surface area contributed by atoms with E-state index in [0.717, 1.165) is 138 Å². The Hall–Kier alpha value is -3.36. The lowest BCUT2D eigenvalue weighted by Gasteiger charge is -2.16. The summed E-state index contributed by atoms with van der Waals surface area (Å²) in [5.74, 6) is 0.382. The van der Waals surface area contributed by atoms with E-state index >= 15 is 8.78 Å². The predicted octanol–water partition coefficient (Wildman–Crippen LogP) is 29.3. The highest BCUT2D eigenvalue weighted by molar-refractivity contribution is 7.31. The van der Waals surface area contributed by atoms with Gasteiger partial charge in [-0.3, -0.25) is 14.5 Å². The molecule has 0 saturated carbocycles. The Kier molecular flexibility index (Phi) is 27.5. The average Bonchev–Trinajstić information content (AvgIpc) is 1.56. The second kappa shape index (κ2) is 34.7. The Labute approximate surface area is 581 Å². The highest BCUT2D eigenvalue weighted by Crippen LogP contribution is 2.57. The SMILES string of the molecule is CCCCCCCCC(CCCCCC)Cc1sc(-c2c3cc(C(C)(C)C)sc3c(-c3cc(F)c(CC(CCCCCC)CCCCCCCC)s3)c3cc(-c4ccc(-c5sc(-c6ccc(C(C)(C)C)s6)c6c5C(=O)N(CCCCCCCC)C6=O)s4)sc23)cc1F. The largest absolute Gasteiger partial charge is 0.274 e. The summed E-state index contributed by atoms with van der Waals surface area (Å²) in [4.78, 5) is 43.2. The van der Waals surface area contributed by atoms with E-state index in [1.807, 2.05) is 23.5 Å². The van der Waals surface area contributed by atoms with Gasteiger partial charge in [0, 0.05) is 86.6 Å². The number of hydrogen-bond acceptors (Lipinski definition) is 9. The van der Waals surface area contributed by atoms with Crippen LogP contribution in [0.4, 0.5) is 8.78 Å². The van der Waals surface area contributed by atoms with Crippen molar-refractivity contribution in [1.82, 2.24) is 4.90 Å². The molecule has 0 N–H and O–H groups in total. The molecule has 2 amide bonds. The Bertz CT molecular complexity index is 3500. The molecule has 9 rings (SSSR count). The van der Waals surface area contributed by atoms with Crippen molar-refractivity contribution in [2.45, 2.75) is 292 Å². The first-order valence-corrected chi connectivity index (χ1v) is 41.9. The van der Waals surface area contributed by atoms with Gasteiger partial charge in [-0.05, 0) is 90.5 Å². The molecule has 8 heterocycles. The van der Waals surface area contributed by atoms with Crippen LogP contribution in [0.5, 0.6) is 0 Å². The lowest BCUT2D eigenvalue weighted by Crippen LogP contribution is -2.31. The summed E-state index contributed by atoms with van der Waals surface area (Å²) in [7, 11) is 0. The summed E-state index contributed by atoms with van der Waals surface area (Å²) in [6.45, 7) is 25.3. The first-order valence-electron chi connectivity index (χ1n) is 36.2. The number of rotatable bonds is 40. The zero-order valence-electron chi connectivity index (χ0n) is 58.0. The molecule has 0 saturated heterocycles. The maximum absolute atomic E-state index is 17.2.